The van der Waals surface area contributed by atoms with Crippen molar-refractivity contribution in [1.82, 2.24) is 14.8 Å². The summed E-state index contributed by atoms with van der Waals surface area (Å²) in [6, 6.07) is 4.44. The van der Waals surface area contributed by atoms with E-state index in [0.29, 0.717) is 31.8 Å². The minimum absolute atomic E-state index is 0.0132. The van der Waals surface area contributed by atoms with Gasteiger partial charge in [-0.15, -0.1) is 0 Å². The van der Waals surface area contributed by atoms with E-state index in [0.717, 1.165) is 38.8 Å². The number of piperidine rings is 2. The third-order valence-corrected chi connectivity index (χ3v) is 6.83. The lowest BCUT2D eigenvalue weighted by Crippen LogP contribution is -2.52. The van der Waals surface area contributed by atoms with Crippen LogP contribution in [0.5, 0.6) is 0 Å². The molecule has 2 amide bonds. The molecule has 0 unspecified atom stereocenters. The van der Waals surface area contributed by atoms with Crippen LogP contribution in [0, 0.1) is 0 Å². The van der Waals surface area contributed by atoms with Crippen molar-refractivity contribution >= 4 is 12.0 Å². The molecule has 0 saturated carbocycles. The van der Waals surface area contributed by atoms with E-state index in [1.54, 1.807) is 4.90 Å². The summed E-state index contributed by atoms with van der Waals surface area (Å²) in [5.74, 6) is -0.585. The summed E-state index contributed by atoms with van der Waals surface area (Å²) in [4.78, 5) is 32.4. The van der Waals surface area contributed by atoms with Crippen LogP contribution in [0.2, 0.25) is 0 Å². The number of aryl methyl sites for hydroxylation is 2. The molecular formula is C22H31N3O4. The molecule has 1 aliphatic carbocycles. The summed E-state index contributed by atoms with van der Waals surface area (Å²) in [5, 5.41) is 19.3. The van der Waals surface area contributed by atoms with Crippen LogP contribution >= 0.6 is 0 Å². The maximum Gasteiger partial charge on any atom is 0.320 e. The summed E-state index contributed by atoms with van der Waals surface area (Å²) in [7, 11) is 0. The fourth-order valence-corrected chi connectivity index (χ4v) is 4.97. The van der Waals surface area contributed by atoms with Gasteiger partial charge in [-0.2, -0.15) is 0 Å². The number of hydrogen-bond donors (Lipinski definition) is 2. The molecule has 29 heavy (non-hydrogen) atoms. The van der Waals surface area contributed by atoms with Crippen LogP contribution in [0.25, 0.3) is 0 Å². The van der Waals surface area contributed by atoms with Crippen LogP contribution in [0.4, 0.5) is 4.79 Å². The maximum atomic E-state index is 12.9. The van der Waals surface area contributed by atoms with Gasteiger partial charge in [0, 0.05) is 43.5 Å². The second kappa shape index (κ2) is 8.30. The lowest BCUT2D eigenvalue weighted by molar-refractivity contribution is -0.144. The molecule has 2 N–H and O–H groups in total. The predicted octanol–water partition coefficient (Wildman–Crippen LogP) is 2.56. The highest BCUT2D eigenvalue weighted by Gasteiger charge is 2.37. The molecule has 0 spiro atoms. The molecule has 4 rings (SSSR count). The number of nitrogens with zero attached hydrogens (tertiary/aromatic N) is 3. The van der Waals surface area contributed by atoms with Gasteiger partial charge in [-0.1, -0.05) is 6.07 Å². The predicted molar refractivity (Wildman–Crippen MR) is 108 cm³/mol. The molecule has 0 atom stereocenters. The number of urea groups is 1. The second-order valence-electron chi connectivity index (χ2n) is 8.87. The monoisotopic (exact) mass is 401 g/mol. The van der Waals surface area contributed by atoms with E-state index >= 15 is 0 Å². The quantitative estimate of drug-likeness (QED) is 0.812. The lowest BCUT2D eigenvalue weighted by atomic mass is 9.88. The van der Waals surface area contributed by atoms with Gasteiger partial charge in [0.2, 0.25) is 0 Å². The molecule has 3 aliphatic rings. The Balaban J connectivity index is 1.30. The van der Waals surface area contributed by atoms with Crippen molar-refractivity contribution in [3.63, 3.8) is 0 Å². The number of carbonyl (C=O) groups is 2. The normalized spacial score (nSPS) is 22.2. The SMILES string of the molecule is O=C(O)CC1(O)CCN(C(=O)N2CCC(c3ccc4c(n3)CCCC4)CC2)CC1. The molecule has 2 fully saturated rings. The fourth-order valence-electron chi connectivity index (χ4n) is 4.97. The van der Waals surface area contributed by atoms with Crippen molar-refractivity contribution in [1.29, 1.82) is 0 Å². The number of fused-ring (bicyclic) bond motifs is 1. The molecule has 7 nitrogen and oxygen atoms in total. The van der Waals surface area contributed by atoms with Crippen LogP contribution in [0.15, 0.2) is 12.1 Å². The van der Waals surface area contributed by atoms with E-state index in [1.807, 2.05) is 4.90 Å². The molecule has 3 heterocycles. The molecule has 2 aliphatic heterocycles. The molecule has 7 heteroatoms. The smallest absolute Gasteiger partial charge is 0.320 e. The van der Waals surface area contributed by atoms with Gasteiger partial charge in [0.15, 0.2) is 0 Å². The van der Waals surface area contributed by atoms with Gasteiger partial charge in [-0.25, -0.2) is 4.79 Å². The van der Waals surface area contributed by atoms with Crippen molar-refractivity contribution in [3.05, 3.63) is 29.1 Å². The first kappa shape index (κ1) is 20.1. The van der Waals surface area contributed by atoms with Crippen molar-refractivity contribution in [2.45, 2.75) is 69.3 Å². The van der Waals surface area contributed by atoms with Crippen LogP contribution in [0.1, 0.15) is 67.8 Å². The highest BCUT2D eigenvalue weighted by Crippen LogP contribution is 2.31. The van der Waals surface area contributed by atoms with E-state index in [2.05, 4.69) is 12.1 Å². The fraction of sp³-hybridized carbons (Fsp3) is 0.682. The van der Waals surface area contributed by atoms with Gasteiger partial charge in [0.05, 0.1) is 12.0 Å². The Morgan fingerprint density at radius 3 is 2.38 bits per heavy atom. The first-order valence-corrected chi connectivity index (χ1v) is 10.9. The highest BCUT2D eigenvalue weighted by atomic mass is 16.4. The van der Waals surface area contributed by atoms with Crippen molar-refractivity contribution < 1.29 is 19.8 Å². The Bertz CT molecular complexity index is 765. The number of aromatic nitrogens is 1. The van der Waals surface area contributed by atoms with Gasteiger partial charge in [0.25, 0.3) is 0 Å². The Morgan fingerprint density at radius 2 is 1.69 bits per heavy atom. The molecule has 1 aromatic heterocycles. The van der Waals surface area contributed by atoms with Gasteiger partial charge in [-0.05, 0) is 63.0 Å². The van der Waals surface area contributed by atoms with Gasteiger partial charge < -0.3 is 20.0 Å². The Morgan fingerprint density at radius 1 is 1.03 bits per heavy atom. The maximum absolute atomic E-state index is 12.9. The lowest BCUT2D eigenvalue weighted by Gasteiger charge is -2.41. The Hall–Kier alpha value is -2.15. The van der Waals surface area contributed by atoms with E-state index in [9.17, 15) is 14.7 Å². The molecule has 2 saturated heterocycles. The summed E-state index contributed by atoms with van der Waals surface area (Å²) < 4.78 is 0. The number of carbonyl (C=O) groups excluding carboxylic acids is 1. The largest absolute Gasteiger partial charge is 0.481 e. The molecular weight excluding hydrogens is 370 g/mol. The number of aliphatic carboxylic acids is 1. The standard InChI is InChI=1S/C22H31N3O4/c26-20(27)15-22(29)9-13-25(14-10-22)21(28)24-11-7-17(8-12-24)19-6-5-16-3-1-2-4-18(16)23-19/h5-6,17,29H,1-4,7-15H2,(H,26,27). The topological polar surface area (TPSA) is 94.0 Å². The van der Waals surface area contributed by atoms with Gasteiger partial charge in [-0.3, -0.25) is 9.78 Å². The minimum atomic E-state index is -1.19. The number of aliphatic hydroxyl groups is 1. The van der Waals surface area contributed by atoms with E-state index < -0.39 is 11.6 Å². The molecule has 0 bridgehead atoms. The van der Waals surface area contributed by atoms with Crippen molar-refractivity contribution in [2.24, 2.45) is 0 Å². The summed E-state index contributed by atoms with van der Waals surface area (Å²) in [5.41, 5.74) is 2.66. The number of hydrogen-bond acceptors (Lipinski definition) is 4. The first-order chi connectivity index (χ1) is 13.9. The van der Waals surface area contributed by atoms with Crippen molar-refractivity contribution in [3.8, 4) is 0 Å². The van der Waals surface area contributed by atoms with E-state index in [-0.39, 0.29) is 12.5 Å². The van der Waals surface area contributed by atoms with Crippen LogP contribution in [0.3, 0.4) is 0 Å². The number of rotatable bonds is 3. The zero-order chi connectivity index (χ0) is 20.4. The number of carboxylic acids is 1. The third kappa shape index (κ3) is 4.55. The van der Waals surface area contributed by atoms with Gasteiger partial charge in [0.1, 0.15) is 0 Å². The number of likely N-dealkylation sites (tertiary alicyclic amines) is 2. The number of carboxylic acid groups (broad SMARTS) is 1. The summed E-state index contributed by atoms with van der Waals surface area (Å²) in [6.07, 6.45) is 6.96. The Labute approximate surface area is 171 Å². The third-order valence-electron chi connectivity index (χ3n) is 6.83. The van der Waals surface area contributed by atoms with E-state index in [1.165, 1.54) is 29.8 Å². The Kier molecular flexibility index (Phi) is 5.76. The molecule has 0 radical (unpaired) electrons. The average molecular weight is 402 g/mol. The van der Waals surface area contributed by atoms with Crippen molar-refractivity contribution in [2.75, 3.05) is 26.2 Å². The number of amides is 2. The van der Waals surface area contributed by atoms with Gasteiger partial charge >= 0.3 is 12.0 Å². The molecule has 0 aromatic carbocycles. The van der Waals surface area contributed by atoms with E-state index in [4.69, 9.17) is 10.1 Å². The number of pyridine rings is 1. The molecule has 158 valence electrons. The first-order valence-electron chi connectivity index (χ1n) is 10.9. The van der Waals surface area contributed by atoms with Crippen LogP contribution in [-0.4, -0.2) is 68.8 Å². The summed E-state index contributed by atoms with van der Waals surface area (Å²) in [6.45, 7) is 2.26. The summed E-state index contributed by atoms with van der Waals surface area (Å²) >= 11 is 0. The zero-order valence-electron chi connectivity index (χ0n) is 17.0. The average Bonchev–Trinajstić information content (AvgIpc) is 2.73. The minimum Gasteiger partial charge on any atom is -0.481 e. The van der Waals surface area contributed by atoms with Crippen LogP contribution < -0.4 is 0 Å². The molecule has 1 aromatic rings. The zero-order valence-corrected chi connectivity index (χ0v) is 17.0. The highest BCUT2D eigenvalue weighted by molar-refractivity contribution is 5.75. The van der Waals surface area contributed by atoms with Crippen LogP contribution in [-0.2, 0) is 17.6 Å². The second-order valence-corrected chi connectivity index (χ2v) is 8.87.